The molecule has 0 saturated carbocycles. The van der Waals surface area contributed by atoms with Crippen LogP contribution in [0.15, 0.2) is 15.5 Å². The predicted octanol–water partition coefficient (Wildman–Crippen LogP) is 2.17. The normalized spacial score (nSPS) is 12.7. The molecular weight excluding hydrogens is 308 g/mol. The van der Waals surface area contributed by atoms with Crippen molar-refractivity contribution in [2.45, 2.75) is 39.3 Å². The minimum atomic E-state index is -0.0875. The van der Waals surface area contributed by atoms with Crippen molar-refractivity contribution in [1.29, 1.82) is 0 Å². The quantitative estimate of drug-likeness (QED) is 0.832. The lowest BCUT2D eigenvalue weighted by atomic mass is 10.2. The largest absolute Gasteiger partial charge is 0.380 e. The Kier molecular flexibility index (Phi) is 6.51. The van der Waals surface area contributed by atoms with Crippen molar-refractivity contribution in [3.63, 3.8) is 0 Å². The van der Waals surface area contributed by atoms with Gasteiger partial charge >= 0.3 is 0 Å². The first-order valence-electron chi connectivity index (χ1n) is 6.62. The molecule has 1 N–H and O–H groups in total. The molecule has 0 saturated heterocycles. The smallest absolute Gasteiger partial charge is 0.283 e. The van der Waals surface area contributed by atoms with Crippen molar-refractivity contribution in [3.8, 4) is 0 Å². The number of likely N-dealkylation sites (N-methyl/N-ethyl adjacent to an activating group) is 1. The van der Waals surface area contributed by atoms with E-state index in [0.29, 0.717) is 17.1 Å². The molecule has 0 aliphatic rings. The predicted molar refractivity (Wildman–Crippen MR) is 82.7 cm³/mol. The van der Waals surface area contributed by atoms with E-state index in [1.54, 1.807) is 6.20 Å². The molecule has 5 nitrogen and oxygen atoms in total. The highest BCUT2D eigenvalue weighted by molar-refractivity contribution is 9.10. The number of halogens is 1. The van der Waals surface area contributed by atoms with E-state index in [0.717, 1.165) is 25.1 Å². The molecule has 0 amide bonds. The summed E-state index contributed by atoms with van der Waals surface area (Å²) in [6.07, 6.45) is 3.89. The van der Waals surface area contributed by atoms with Crippen molar-refractivity contribution >= 4 is 21.6 Å². The van der Waals surface area contributed by atoms with Gasteiger partial charge in [0.15, 0.2) is 0 Å². The summed E-state index contributed by atoms with van der Waals surface area (Å²) in [5, 5.41) is 7.52. The number of anilines is 1. The second-order valence-corrected chi connectivity index (χ2v) is 5.83. The first-order chi connectivity index (χ1) is 8.95. The minimum absolute atomic E-state index is 0.0875. The standard InChI is InChI=1S/C13H23BrN4O/c1-5-6-10(2)16-11-9-15-18(8-7-17(3)4)13(19)12(11)14/h9-10,16H,5-8H2,1-4H3. The molecule has 1 aromatic rings. The van der Waals surface area contributed by atoms with Gasteiger partial charge in [0, 0.05) is 12.6 Å². The van der Waals surface area contributed by atoms with E-state index in [2.05, 4.69) is 40.2 Å². The molecule has 1 heterocycles. The molecule has 0 aliphatic carbocycles. The van der Waals surface area contributed by atoms with E-state index in [-0.39, 0.29) is 5.56 Å². The van der Waals surface area contributed by atoms with E-state index >= 15 is 0 Å². The van der Waals surface area contributed by atoms with Crippen molar-refractivity contribution in [3.05, 3.63) is 21.0 Å². The number of nitrogens with one attached hydrogen (secondary N) is 1. The zero-order valence-corrected chi connectivity index (χ0v) is 13.7. The SMILES string of the molecule is CCCC(C)Nc1cnn(CCN(C)C)c(=O)c1Br. The topological polar surface area (TPSA) is 50.2 Å². The van der Waals surface area contributed by atoms with Crippen LogP contribution < -0.4 is 10.9 Å². The number of hydrogen-bond acceptors (Lipinski definition) is 4. The highest BCUT2D eigenvalue weighted by atomic mass is 79.9. The van der Waals surface area contributed by atoms with E-state index in [4.69, 9.17) is 0 Å². The van der Waals surface area contributed by atoms with E-state index in [9.17, 15) is 4.79 Å². The van der Waals surface area contributed by atoms with Crippen LogP contribution >= 0.6 is 15.9 Å². The molecule has 6 heteroatoms. The molecule has 0 aromatic carbocycles. The summed E-state index contributed by atoms with van der Waals surface area (Å²) in [5.74, 6) is 0. The van der Waals surface area contributed by atoms with Gasteiger partial charge in [-0.05, 0) is 43.4 Å². The Morgan fingerprint density at radius 2 is 2.21 bits per heavy atom. The molecule has 1 rings (SSSR count). The van der Waals surface area contributed by atoms with E-state index in [1.165, 1.54) is 4.68 Å². The number of nitrogens with zero attached hydrogens (tertiary/aromatic N) is 3. The van der Waals surface area contributed by atoms with Crippen LogP contribution in [0.4, 0.5) is 5.69 Å². The van der Waals surface area contributed by atoms with Gasteiger partial charge in [-0.2, -0.15) is 5.10 Å². The summed E-state index contributed by atoms with van der Waals surface area (Å²) in [6.45, 7) is 5.63. The van der Waals surface area contributed by atoms with E-state index < -0.39 is 0 Å². The van der Waals surface area contributed by atoms with Crippen LogP contribution in [-0.4, -0.2) is 41.4 Å². The maximum Gasteiger partial charge on any atom is 0.283 e. The molecule has 1 unspecified atom stereocenters. The average molecular weight is 331 g/mol. The lowest BCUT2D eigenvalue weighted by Gasteiger charge is -2.16. The summed E-state index contributed by atoms with van der Waals surface area (Å²) in [7, 11) is 3.95. The van der Waals surface area contributed by atoms with Gasteiger partial charge in [0.2, 0.25) is 0 Å². The van der Waals surface area contributed by atoms with Gasteiger partial charge in [0.25, 0.3) is 5.56 Å². The highest BCUT2D eigenvalue weighted by Gasteiger charge is 2.10. The van der Waals surface area contributed by atoms with Crippen LogP contribution in [0.1, 0.15) is 26.7 Å². The Morgan fingerprint density at radius 3 is 2.79 bits per heavy atom. The number of rotatable bonds is 7. The van der Waals surface area contributed by atoms with Crippen molar-refractivity contribution in [1.82, 2.24) is 14.7 Å². The van der Waals surface area contributed by atoms with Crippen LogP contribution in [-0.2, 0) is 6.54 Å². The van der Waals surface area contributed by atoms with Gasteiger partial charge in [-0.25, -0.2) is 4.68 Å². The molecule has 19 heavy (non-hydrogen) atoms. The first-order valence-corrected chi connectivity index (χ1v) is 7.41. The third kappa shape index (κ3) is 4.95. The summed E-state index contributed by atoms with van der Waals surface area (Å²) >= 11 is 3.37. The molecule has 0 aliphatic heterocycles. The van der Waals surface area contributed by atoms with Crippen LogP contribution in [0.5, 0.6) is 0 Å². The van der Waals surface area contributed by atoms with Crippen molar-refractivity contribution < 1.29 is 0 Å². The first kappa shape index (κ1) is 16.2. The highest BCUT2D eigenvalue weighted by Crippen LogP contribution is 2.18. The molecular formula is C13H23BrN4O. The Labute approximate surface area is 123 Å². The van der Waals surface area contributed by atoms with Gasteiger partial charge < -0.3 is 10.2 Å². The number of aromatic nitrogens is 2. The lowest BCUT2D eigenvalue weighted by molar-refractivity contribution is 0.367. The summed E-state index contributed by atoms with van der Waals surface area (Å²) in [5.41, 5.74) is 0.683. The molecule has 0 bridgehead atoms. The van der Waals surface area contributed by atoms with Gasteiger partial charge in [-0.1, -0.05) is 13.3 Å². The summed E-state index contributed by atoms with van der Waals surface area (Å²) < 4.78 is 2.05. The third-order valence-electron chi connectivity index (χ3n) is 2.87. The fourth-order valence-electron chi connectivity index (χ4n) is 1.79. The maximum absolute atomic E-state index is 12.1. The fraction of sp³-hybridized carbons (Fsp3) is 0.692. The molecule has 0 radical (unpaired) electrons. The molecule has 1 aromatic heterocycles. The van der Waals surface area contributed by atoms with Crippen LogP contribution in [0.25, 0.3) is 0 Å². The second kappa shape index (κ2) is 7.65. The molecule has 0 fully saturated rings. The van der Waals surface area contributed by atoms with Gasteiger partial charge in [-0.15, -0.1) is 0 Å². The number of hydrogen-bond donors (Lipinski definition) is 1. The lowest BCUT2D eigenvalue weighted by Crippen LogP contribution is -2.30. The zero-order valence-electron chi connectivity index (χ0n) is 12.1. The molecule has 108 valence electrons. The van der Waals surface area contributed by atoms with Gasteiger partial charge in [0.1, 0.15) is 4.47 Å². The van der Waals surface area contributed by atoms with Crippen LogP contribution in [0.2, 0.25) is 0 Å². The molecule has 0 spiro atoms. The minimum Gasteiger partial charge on any atom is -0.380 e. The fourth-order valence-corrected chi connectivity index (χ4v) is 2.21. The monoisotopic (exact) mass is 330 g/mol. The van der Waals surface area contributed by atoms with E-state index in [1.807, 2.05) is 19.0 Å². The summed E-state index contributed by atoms with van der Waals surface area (Å²) in [4.78, 5) is 14.2. The third-order valence-corrected chi connectivity index (χ3v) is 3.63. The van der Waals surface area contributed by atoms with Crippen LogP contribution in [0, 0.1) is 0 Å². The van der Waals surface area contributed by atoms with Gasteiger partial charge in [0.05, 0.1) is 18.4 Å². The summed E-state index contributed by atoms with van der Waals surface area (Å²) in [6, 6.07) is 0.333. The average Bonchev–Trinajstić information content (AvgIpc) is 2.34. The Hall–Kier alpha value is -0.880. The Balaban J connectivity index is 2.82. The second-order valence-electron chi connectivity index (χ2n) is 5.04. The zero-order chi connectivity index (χ0) is 14.4. The van der Waals surface area contributed by atoms with Crippen molar-refractivity contribution in [2.24, 2.45) is 0 Å². The van der Waals surface area contributed by atoms with Crippen molar-refractivity contribution in [2.75, 3.05) is 26.0 Å². The maximum atomic E-state index is 12.1. The van der Waals surface area contributed by atoms with Gasteiger partial charge in [-0.3, -0.25) is 4.79 Å². The Morgan fingerprint density at radius 1 is 1.53 bits per heavy atom. The Bertz CT molecular complexity index is 458. The molecule has 1 atom stereocenters. The van der Waals surface area contributed by atoms with Crippen LogP contribution in [0.3, 0.4) is 0 Å².